The second-order valence-corrected chi connectivity index (χ2v) is 3.00. The Morgan fingerprint density at radius 2 is 2.38 bits per heavy atom. The first-order valence-corrected chi connectivity index (χ1v) is 4.16. The van der Waals surface area contributed by atoms with Gasteiger partial charge in [0.05, 0.1) is 6.20 Å². The summed E-state index contributed by atoms with van der Waals surface area (Å²) < 4.78 is 1.78. The van der Waals surface area contributed by atoms with Gasteiger partial charge in [0.2, 0.25) is 0 Å². The molecule has 2 aromatic heterocycles. The van der Waals surface area contributed by atoms with Crippen LogP contribution in [0.2, 0.25) is 0 Å². The standard InChI is InChI=1S/C9H12N4/c1-13-6-8(4-12-13)9-5-11-3-7(9)2-10/h3-6,11H,2,10H2,1H3. The predicted octanol–water partition coefficient (Wildman–Crippen LogP) is 0.874. The lowest BCUT2D eigenvalue weighted by molar-refractivity contribution is 0.768. The van der Waals surface area contributed by atoms with Gasteiger partial charge in [-0.25, -0.2) is 0 Å². The number of aromatic nitrogens is 3. The molecule has 0 aliphatic rings. The zero-order chi connectivity index (χ0) is 9.26. The second-order valence-electron chi connectivity index (χ2n) is 3.00. The third kappa shape index (κ3) is 1.36. The Bertz CT molecular complexity index is 399. The van der Waals surface area contributed by atoms with E-state index in [2.05, 4.69) is 10.1 Å². The van der Waals surface area contributed by atoms with E-state index in [4.69, 9.17) is 5.73 Å². The topological polar surface area (TPSA) is 59.6 Å². The Balaban J connectivity index is 2.45. The van der Waals surface area contributed by atoms with Crippen molar-refractivity contribution in [3.63, 3.8) is 0 Å². The maximum absolute atomic E-state index is 5.59. The zero-order valence-electron chi connectivity index (χ0n) is 7.49. The number of aryl methyl sites for hydroxylation is 1. The van der Waals surface area contributed by atoms with Crippen molar-refractivity contribution in [2.24, 2.45) is 12.8 Å². The predicted molar refractivity (Wildman–Crippen MR) is 50.9 cm³/mol. The third-order valence-corrected chi connectivity index (χ3v) is 2.07. The molecule has 0 fully saturated rings. The van der Waals surface area contributed by atoms with Gasteiger partial charge >= 0.3 is 0 Å². The maximum atomic E-state index is 5.59. The molecule has 4 heteroatoms. The van der Waals surface area contributed by atoms with Crippen LogP contribution in [0.4, 0.5) is 0 Å². The average molecular weight is 176 g/mol. The Hall–Kier alpha value is -1.55. The van der Waals surface area contributed by atoms with Crippen molar-refractivity contribution in [1.29, 1.82) is 0 Å². The van der Waals surface area contributed by atoms with Gasteiger partial charge in [-0.15, -0.1) is 0 Å². The molecular weight excluding hydrogens is 164 g/mol. The van der Waals surface area contributed by atoms with Crippen LogP contribution in [0.3, 0.4) is 0 Å². The summed E-state index contributed by atoms with van der Waals surface area (Å²) in [5.74, 6) is 0. The number of H-pyrrole nitrogens is 1. The molecule has 0 aliphatic carbocycles. The van der Waals surface area contributed by atoms with Crippen LogP contribution in [0, 0.1) is 0 Å². The SMILES string of the molecule is Cn1cc(-c2c[nH]cc2CN)cn1. The molecule has 0 aromatic carbocycles. The highest BCUT2D eigenvalue weighted by Crippen LogP contribution is 2.21. The summed E-state index contributed by atoms with van der Waals surface area (Å²) in [5, 5.41) is 4.11. The number of aromatic amines is 1. The first-order valence-electron chi connectivity index (χ1n) is 4.16. The molecule has 2 aromatic rings. The molecule has 0 atom stereocenters. The van der Waals surface area contributed by atoms with Crippen molar-refractivity contribution in [3.05, 3.63) is 30.4 Å². The molecule has 0 radical (unpaired) electrons. The quantitative estimate of drug-likeness (QED) is 0.713. The molecule has 2 rings (SSSR count). The van der Waals surface area contributed by atoms with Gasteiger partial charge in [-0.1, -0.05) is 0 Å². The van der Waals surface area contributed by atoms with E-state index < -0.39 is 0 Å². The van der Waals surface area contributed by atoms with Crippen molar-refractivity contribution in [2.45, 2.75) is 6.54 Å². The normalized spacial score (nSPS) is 10.6. The first-order chi connectivity index (χ1) is 6.31. The number of rotatable bonds is 2. The summed E-state index contributed by atoms with van der Waals surface area (Å²) in [4.78, 5) is 3.04. The highest BCUT2D eigenvalue weighted by atomic mass is 15.2. The van der Waals surface area contributed by atoms with E-state index in [0.29, 0.717) is 6.54 Å². The lowest BCUT2D eigenvalue weighted by atomic mass is 10.1. The fourth-order valence-electron chi connectivity index (χ4n) is 1.39. The Kier molecular flexibility index (Phi) is 1.90. The molecule has 2 heterocycles. The van der Waals surface area contributed by atoms with E-state index in [-0.39, 0.29) is 0 Å². The Labute approximate surface area is 76.4 Å². The van der Waals surface area contributed by atoms with Gasteiger partial charge in [0.1, 0.15) is 0 Å². The molecule has 0 aliphatic heterocycles. The van der Waals surface area contributed by atoms with Crippen LogP contribution in [0.5, 0.6) is 0 Å². The summed E-state index contributed by atoms with van der Waals surface area (Å²) >= 11 is 0. The molecule has 0 amide bonds. The van der Waals surface area contributed by atoms with Gasteiger partial charge in [0.25, 0.3) is 0 Å². The fourth-order valence-corrected chi connectivity index (χ4v) is 1.39. The van der Waals surface area contributed by atoms with Crippen molar-refractivity contribution < 1.29 is 0 Å². The number of hydrogen-bond acceptors (Lipinski definition) is 2. The summed E-state index contributed by atoms with van der Waals surface area (Å²) in [6.45, 7) is 0.549. The van der Waals surface area contributed by atoms with Crippen molar-refractivity contribution >= 4 is 0 Å². The summed E-state index contributed by atoms with van der Waals surface area (Å²) in [7, 11) is 1.90. The minimum Gasteiger partial charge on any atom is -0.367 e. The number of nitrogens with zero attached hydrogens (tertiary/aromatic N) is 2. The van der Waals surface area contributed by atoms with Crippen LogP contribution in [0.1, 0.15) is 5.56 Å². The minimum absolute atomic E-state index is 0.549. The number of hydrogen-bond donors (Lipinski definition) is 2. The molecule has 0 saturated carbocycles. The highest BCUT2D eigenvalue weighted by Gasteiger charge is 2.05. The Morgan fingerprint density at radius 3 is 3.00 bits per heavy atom. The highest BCUT2D eigenvalue weighted by molar-refractivity contribution is 5.65. The van der Waals surface area contributed by atoms with Crippen LogP contribution >= 0.6 is 0 Å². The van der Waals surface area contributed by atoms with Gasteiger partial charge in [-0.3, -0.25) is 4.68 Å². The van der Waals surface area contributed by atoms with E-state index in [0.717, 1.165) is 16.7 Å². The van der Waals surface area contributed by atoms with E-state index >= 15 is 0 Å². The molecular formula is C9H12N4. The van der Waals surface area contributed by atoms with Gasteiger partial charge in [-0.05, 0) is 5.56 Å². The minimum atomic E-state index is 0.549. The van der Waals surface area contributed by atoms with Crippen LogP contribution in [0.15, 0.2) is 24.8 Å². The summed E-state index contributed by atoms with van der Waals surface area (Å²) in [6, 6.07) is 0. The van der Waals surface area contributed by atoms with Crippen LogP contribution < -0.4 is 5.73 Å². The van der Waals surface area contributed by atoms with E-state index in [1.807, 2.05) is 31.8 Å². The molecule has 0 bridgehead atoms. The van der Waals surface area contributed by atoms with Crippen molar-refractivity contribution in [3.8, 4) is 11.1 Å². The second kappa shape index (κ2) is 3.06. The smallest absolute Gasteiger partial charge is 0.0568 e. The van der Waals surface area contributed by atoms with Crippen molar-refractivity contribution in [2.75, 3.05) is 0 Å². The largest absolute Gasteiger partial charge is 0.367 e. The number of nitrogens with two attached hydrogens (primary N) is 1. The molecule has 4 nitrogen and oxygen atoms in total. The van der Waals surface area contributed by atoms with E-state index in [9.17, 15) is 0 Å². The van der Waals surface area contributed by atoms with Crippen LogP contribution in [0.25, 0.3) is 11.1 Å². The van der Waals surface area contributed by atoms with Crippen LogP contribution in [-0.4, -0.2) is 14.8 Å². The lowest BCUT2D eigenvalue weighted by Crippen LogP contribution is -1.95. The average Bonchev–Trinajstić information content (AvgIpc) is 2.71. The van der Waals surface area contributed by atoms with Crippen LogP contribution in [-0.2, 0) is 13.6 Å². The third-order valence-electron chi connectivity index (χ3n) is 2.07. The molecule has 0 saturated heterocycles. The molecule has 0 spiro atoms. The first kappa shape index (κ1) is 8.07. The van der Waals surface area contributed by atoms with E-state index in [1.54, 1.807) is 4.68 Å². The molecule has 68 valence electrons. The van der Waals surface area contributed by atoms with Gasteiger partial charge < -0.3 is 10.7 Å². The number of nitrogens with one attached hydrogen (secondary N) is 1. The van der Waals surface area contributed by atoms with E-state index in [1.165, 1.54) is 0 Å². The Morgan fingerprint density at radius 1 is 1.54 bits per heavy atom. The zero-order valence-corrected chi connectivity index (χ0v) is 7.49. The van der Waals surface area contributed by atoms with Gasteiger partial charge in [0.15, 0.2) is 0 Å². The molecule has 3 N–H and O–H groups in total. The molecule has 0 unspecified atom stereocenters. The van der Waals surface area contributed by atoms with Crippen molar-refractivity contribution in [1.82, 2.24) is 14.8 Å². The maximum Gasteiger partial charge on any atom is 0.0568 e. The molecule has 13 heavy (non-hydrogen) atoms. The summed E-state index contributed by atoms with van der Waals surface area (Å²) in [6.07, 6.45) is 7.67. The fraction of sp³-hybridized carbons (Fsp3) is 0.222. The van der Waals surface area contributed by atoms with Gasteiger partial charge in [0, 0.05) is 43.3 Å². The van der Waals surface area contributed by atoms with Gasteiger partial charge in [-0.2, -0.15) is 5.10 Å². The monoisotopic (exact) mass is 176 g/mol. The lowest BCUT2D eigenvalue weighted by Gasteiger charge is -1.95. The summed E-state index contributed by atoms with van der Waals surface area (Å²) in [5.41, 5.74) is 8.95.